The largest absolute Gasteiger partial charge is 0.481 e. The van der Waals surface area contributed by atoms with E-state index in [2.05, 4.69) is 15.9 Å². The number of benzene rings is 1. The molecule has 76 valence electrons. The van der Waals surface area contributed by atoms with Crippen LogP contribution in [0.25, 0.3) is 0 Å². The van der Waals surface area contributed by atoms with E-state index >= 15 is 0 Å². The van der Waals surface area contributed by atoms with Gasteiger partial charge in [0.2, 0.25) is 0 Å². The van der Waals surface area contributed by atoms with Crippen LogP contribution in [0.3, 0.4) is 0 Å². The van der Waals surface area contributed by atoms with Gasteiger partial charge < -0.3 is 10.8 Å². The summed E-state index contributed by atoms with van der Waals surface area (Å²) >= 11 is 9.19. The monoisotopic (exact) mass is 277 g/mol. The second kappa shape index (κ2) is 4.77. The van der Waals surface area contributed by atoms with E-state index in [4.69, 9.17) is 22.4 Å². The van der Waals surface area contributed by atoms with Crippen LogP contribution in [0, 0.1) is 0 Å². The van der Waals surface area contributed by atoms with Crippen molar-refractivity contribution in [3.63, 3.8) is 0 Å². The number of rotatable bonds is 3. The molecule has 0 heterocycles. The molecule has 1 atom stereocenters. The zero-order chi connectivity index (χ0) is 10.7. The number of halogens is 2. The van der Waals surface area contributed by atoms with Crippen molar-refractivity contribution in [3.05, 3.63) is 33.3 Å². The molecule has 0 aliphatic heterocycles. The summed E-state index contributed by atoms with van der Waals surface area (Å²) in [5.41, 5.74) is 6.34. The fourth-order valence-corrected chi connectivity index (χ4v) is 2.24. The van der Waals surface area contributed by atoms with E-state index in [1.165, 1.54) is 0 Å². The highest BCUT2D eigenvalue weighted by atomic mass is 79.9. The van der Waals surface area contributed by atoms with Crippen LogP contribution in [0.1, 0.15) is 18.0 Å². The predicted octanol–water partition coefficient (Wildman–Crippen LogP) is 2.58. The van der Waals surface area contributed by atoms with Gasteiger partial charge in [-0.1, -0.05) is 33.6 Å². The second-order valence-electron chi connectivity index (χ2n) is 2.84. The first-order valence-electron chi connectivity index (χ1n) is 3.93. The van der Waals surface area contributed by atoms with Crippen LogP contribution >= 0.6 is 27.5 Å². The van der Waals surface area contributed by atoms with Crippen molar-refractivity contribution >= 4 is 33.5 Å². The molecule has 0 radical (unpaired) electrons. The maximum absolute atomic E-state index is 10.5. The Kier molecular flexibility index (Phi) is 3.92. The van der Waals surface area contributed by atoms with Crippen molar-refractivity contribution in [2.45, 2.75) is 12.5 Å². The molecule has 0 aliphatic carbocycles. The lowest BCUT2D eigenvalue weighted by Crippen LogP contribution is -2.15. The summed E-state index contributed by atoms with van der Waals surface area (Å²) in [6.45, 7) is 0. The molecule has 0 amide bonds. The Balaban J connectivity index is 2.99. The smallest absolute Gasteiger partial charge is 0.305 e. The highest BCUT2D eigenvalue weighted by Crippen LogP contribution is 2.30. The van der Waals surface area contributed by atoms with Gasteiger partial charge in [-0.25, -0.2) is 0 Å². The molecule has 0 bridgehead atoms. The van der Waals surface area contributed by atoms with E-state index < -0.39 is 12.0 Å². The van der Waals surface area contributed by atoms with Crippen molar-refractivity contribution in [1.29, 1.82) is 0 Å². The summed E-state index contributed by atoms with van der Waals surface area (Å²) in [7, 11) is 0. The average Bonchev–Trinajstić information content (AvgIpc) is 2.01. The minimum absolute atomic E-state index is 0.137. The van der Waals surface area contributed by atoms with Crippen LogP contribution in [0.2, 0.25) is 5.02 Å². The molecule has 1 aromatic rings. The first-order valence-corrected chi connectivity index (χ1v) is 5.10. The summed E-state index contributed by atoms with van der Waals surface area (Å²) in [4.78, 5) is 10.5. The number of aliphatic carboxylic acids is 1. The van der Waals surface area contributed by atoms with Crippen LogP contribution in [-0.4, -0.2) is 11.1 Å². The third kappa shape index (κ3) is 2.70. The van der Waals surface area contributed by atoms with Gasteiger partial charge in [0, 0.05) is 21.1 Å². The Morgan fingerprint density at radius 3 is 2.79 bits per heavy atom. The van der Waals surface area contributed by atoms with Gasteiger partial charge in [0.15, 0.2) is 0 Å². The van der Waals surface area contributed by atoms with Crippen molar-refractivity contribution in [2.24, 2.45) is 5.73 Å². The van der Waals surface area contributed by atoms with Gasteiger partial charge in [0.25, 0.3) is 0 Å². The van der Waals surface area contributed by atoms with Gasteiger partial charge in [-0.15, -0.1) is 0 Å². The van der Waals surface area contributed by atoms with Crippen LogP contribution in [0.5, 0.6) is 0 Å². The van der Waals surface area contributed by atoms with E-state index in [-0.39, 0.29) is 6.42 Å². The lowest BCUT2D eigenvalue weighted by Gasteiger charge is -2.13. The Morgan fingerprint density at radius 1 is 1.64 bits per heavy atom. The fraction of sp³-hybridized carbons (Fsp3) is 0.222. The Morgan fingerprint density at radius 2 is 2.29 bits per heavy atom. The van der Waals surface area contributed by atoms with Crippen LogP contribution in [0.15, 0.2) is 22.7 Å². The quantitative estimate of drug-likeness (QED) is 0.893. The third-order valence-electron chi connectivity index (χ3n) is 1.77. The first-order chi connectivity index (χ1) is 6.52. The highest BCUT2D eigenvalue weighted by Gasteiger charge is 2.16. The molecule has 0 fully saturated rings. The minimum atomic E-state index is -0.940. The molecular weight excluding hydrogens is 269 g/mol. The Labute approximate surface area is 95.0 Å². The lowest BCUT2D eigenvalue weighted by molar-refractivity contribution is -0.137. The fourth-order valence-electron chi connectivity index (χ4n) is 1.16. The van der Waals surface area contributed by atoms with Crippen molar-refractivity contribution < 1.29 is 9.90 Å². The highest BCUT2D eigenvalue weighted by molar-refractivity contribution is 9.10. The van der Waals surface area contributed by atoms with E-state index in [1.807, 2.05) is 0 Å². The van der Waals surface area contributed by atoms with E-state index in [0.717, 1.165) is 4.47 Å². The standard InChI is InChI=1S/C9H9BrClNO2/c10-5-2-1-3-6(11)9(5)7(12)4-8(13)14/h1-3,7H,4,12H2,(H,13,14)/t7-/m0/s1. The third-order valence-corrected chi connectivity index (χ3v) is 2.79. The molecule has 0 spiro atoms. The maximum Gasteiger partial charge on any atom is 0.305 e. The van der Waals surface area contributed by atoms with Crippen LogP contribution in [-0.2, 0) is 4.79 Å². The SMILES string of the molecule is N[C@@H](CC(=O)O)c1c(Cl)cccc1Br. The molecular formula is C9H9BrClNO2. The van der Waals surface area contributed by atoms with Gasteiger partial charge in [-0.2, -0.15) is 0 Å². The number of carboxylic acid groups (broad SMARTS) is 1. The molecule has 0 aliphatic rings. The molecule has 1 aromatic carbocycles. The summed E-state index contributed by atoms with van der Waals surface area (Å²) in [6.07, 6.45) is -0.137. The Bertz CT molecular complexity index is 336. The number of hydrogen-bond donors (Lipinski definition) is 2. The number of carbonyl (C=O) groups is 1. The zero-order valence-corrected chi connectivity index (χ0v) is 9.55. The number of carboxylic acids is 1. The molecule has 3 N–H and O–H groups in total. The molecule has 0 unspecified atom stereocenters. The minimum Gasteiger partial charge on any atom is -0.481 e. The van der Waals surface area contributed by atoms with Crippen molar-refractivity contribution in [1.82, 2.24) is 0 Å². The van der Waals surface area contributed by atoms with Crippen LogP contribution < -0.4 is 5.73 Å². The Hall–Kier alpha value is -0.580. The van der Waals surface area contributed by atoms with E-state index in [0.29, 0.717) is 10.6 Å². The molecule has 3 nitrogen and oxygen atoms in total. The van der Waals surface area contributed by atoms with Gasteiger partial charge in [-0.05, 0) is 12.1 Å². The number of nitrogens with two attached hydrogens (primary N) is 1. The lowest BCUT2D eigenvalue weighted by atomic mass is 10.1. The summed E-state index contributed by atoms with van der Waals surface area (Å²) in [5, 5.41) is 9.07. The predicted molar refractivity (Wildman–Crippen MR) is 58.3 cm³/mol. The molecule has 0 aromatic heterocycles. The summed E-state index contributed by atoms with van der Waals surface area (Å²) in [6, 6.07) is 4.64. The van der Waals surface area contributed by atoms with Gasteiger partial charge in [-0.3, -0.25) is 4.79 Å². The first kappa shape index (κ1) is 11.5. The summed E-state index contributed by atoms with van der Waals surface area (Å²) < 4.78 is 0.735. The molecule has 5 heteroatoms. The molecule has 0 saturated carbocycles. The average molecular weight is 279 g/mol. The summed E-state index contributed by atoms with van der Waals surface area (Å²) in [5.74, 6) is -0.940. The zero-order valence-electron chi connectivity index (χ0n) is 7.21. The van der Waals surface area contributed by atoms with Crippen LogP contribution in [0.4, 0.5) is 0 Å². The molecule has 0 saturated heterocycles. The van der Waals surface area contributed by atoms with E-state index in [1.54, 1.807) is 18.2 Å². The molecule has 1 rings (SSSR count). The van der Waals surface area contributed by atoms with Gasteiger partial charge >= 0.3 is 5.97 Å². The van der Waals surface area contributed by atoms with Crippen molar-refractivity contribution in [3.8, 4) is 0 Å². The normalized spacial score (nSPS) is 12.5. The van der Waals surface area contributed by atoms with Gasteiger partial charge in [0.1, 0.15) is 0 Å². The number of hydrogen-bond acceptors (Lipinski definition) is 2. The second-order valence-corrected chi connectivity index (χ2v) is 4.10. The van der Waals surface area contributed by atoms with Gasteiger partial charge in [0.05, 0.1) is 6.42 Å². The maximum atomic E-state index is 10.5. The topological polar surface area (TPSA) is 63.3 Å². The van der Waals surface area contributed by atoms with E-state index in [9.17, 15) is 4.79 Å². The van der Waals surface area contributed by atoms with Crippen molar-refractivity contribution in [2.75, 3.05) is 0 Å². The molecule has 14 heavy (non-hydrogen) atoms.